The highest BCUT2D eigenvalue weighted by Crippen LogP contribution is 2.43. The van der Waals surface area contributed by atoms with Crippen LogP contribution >= 0.6 is 15.9 Å². The summed E-state index contributed by atoms with van der Waals surface area (Å²) in [5.74, 6) is 1.24. The maximum absolute atomic E-state index is 13.1. The Morgan fingerprint density at radius 2 is 1.87 bits per heavy atom. The number of rotatable bonds is 4. The van der Waals surface area contributed by atoms with Crippen molar-refractivity contribution in [1.29, 1.82) is 0 Å². The first kappa shape index (κ1) is 21.8. The molecule has 0 aromatic heterocycles. The molecule has 0 spiro atoms. The third kappa shape index (κ3) is 4.62. The zero-order valence-corrected chi connectivity index (χ0v) is 19.5. The van der Waals surface area contributed by atoms with Crippen LogP contribution in [0.1, 0.15) is 31.2 Å². The van der Waals surface area contributed by atoms with Crippen LogP contribution in [0, 0.1) is 0 Å². The van der Waals surface area contributed by atoms with Gasteiger partial charge in [-0.3, -0.25) is 9.69 Å². The van der Waals surface area contributed by atoms with Gasteiger partial charge in [-0.05, 0) is 48.4 Å². The lowest BCUT2D eigenvalue weighted by Crippen LogP contribution is -2.67. The quantitative estimate of drug-likeness (QED) is 0.691. The summed E-state index contributed by atoms with van der Waals surface area (Å²) < 4.78 is 6.23. The molecule has 2 fully saturated rings. The van der Waals surface area contributed by atoms with Crippen LogP contribution in [0.15, 0.2) is 53.0 Å². The molecule has 2 saturated heterocycles. The van der Waals surface area contributed by atoms with E-state index < -0.39 is 0 Å². The largest absolute Gasteiger partial charge is 0.497 e. The molecule has 4 rings (SSSR count). The number of anilines is 1. The third-order valence-corrected chi connectivity index (χ3v) is 6.94. The molecular formula is C24H28BrN3O3. The van der Waals surface area contributed by atoms with Crippen LogP contribution in [0.4, 0.5) is 10.5 Å². The van der Waals surface area contributed by atoms with Gasteiger partial charge in [-0.15, -0.1) is 0 Å². The maximum Gasteiger partial charge on any atom is 0.321 e. The van der Waals surface area contributed by atoms with Gasteiger partial charge in [0.15, 0.2) is 0 Å². The number of urea groups is 1. The molecule has 164 valence electrons. The van der Waals surface area contributed by atoms with Crippen molar-refractivity contribution in [1.82, 2.24) is 9.80 Å². The molecule has 0 radical (unpaired) electrons. The Morgan fingerprint density at radius 3 is 2.52 bits per heavy atom. The molecule has 2 aromatic carbocycles. The van der Waals surface area contributed by atoms with Crippen molar-refractivity contribution < 1.29 is 14.3 Å². The summed E-state index contributed by atoms with van der Waals surface area (Å²) in [6.45, 7) is 3.69. The van der Waals surface area contributed by atoms with Crippen molar-refractivity contribution >= 4 is 33.4 Å². The van der Waals surface area contributed by atoms with Crippen molar-refractivity contribution in [3.05, 3.63) is 58.6 Å². The van der Waals surface area contributed by atoms with Gasteiger partial charge in [-0.1, -0.05) is 35.0 Å². The molecule has 2 aliphatic rings. The number of methoxy groups -OCH3 is 1. The van der Waals surface area contributed by atoms with Crippen molar-refractivity contribution in [2.24, 2.45) is 0 Å². The van der Waals surface area contributed by atoms with Crippen LogP contribution in [0.5, 0.6) is 5.75 Å². The van der Waals surface area contributed by atoms with E-state index >= 15 is 0 Å². The second-order valence-corrected chi connectivity index (χ2v) is 9.10. The number of fused-ring (bicyclic) bond motifs is 1. The minimum atomic E-state index is -0.172. The van der Waals surface area contributed by atoms with E-state index in [-0.39, 0.29) is 17.9 Å². The molecule has 1 N–H and O–H groups in total. The molecule has 2 aromatic rings. The lowest BCUT2D eigenvalue weighted by atomic mass is 9.73. The van der Waals surface area contributed by atoms with Gasteiger partial charge in [0, 0.05) is 47.7 Å². The van der Waals surface area contributed by atoms with Crippen LogP contribution in [-0.2, 0) is 4.79 Å². The van der Waals surface area contributed by atoms with Crippen LogP contribution in [-0.4, -0.2) is 60.4 Å². The van der Waals surface area contributed by atoms with Gasteiger partial charge in [0.25, 0.3) is 0 Å². The summed E-state index contributed by atoms with van der Waals surface area (Å²) in [4.78, 5) is 29.7. The Kier molecular flexibility index (Phi) is 6.62. The SMILES string of the molecule is CC[C@@H]1[C@H](c2ccc(Br)cc2)[C@@H]2CN(C(=O)Nc3ccc(OC)cc3)CCC(=O)CN12. The second-order valence-electron chi connectivity index (χ2n) is 8.19. The number of hydrogen-bond acceptors (Lipinski definition) is 4. The van der Waals surface area contributed by atoms with Gasteiger partial charge < -0.3 is 15.0 Å². The van der Waals surface area contributed by atoms with Crippen LogP contribution in [0.3, 0.4) is 0 Å². The molecule has 2 heterocycles. The summed E-state index contributed by atoms with van der Waals surface area (Å²) in [5.41, 5.74) is 1.97. The number of nitrogens with zero attached hydrogens (tertiary/aromatic N) is 2. The first-order valence-electron chi connectivity index (χ1n) is 10.7. The topological polar surface area (TPSA) is 61.9 Å². The predicted molar refractivity (Wildman–Crippen MR) is 125 cm³/mol. The Labute approximate surface area is 191 Å². The van der Waals surface area contributed by atoms with Gasteiger partial charge in [-0.25, -0.2) is 4.79 Å². The van der Waals surface area contributed by atoms with Gasteiger partial charge >= 0.3 is 6.03 Å². The molecule has 0 unspecified atom stereocenters. The zero-order valence-electron chi connectivity index (χ0n) is 17.9. The lowest BCUT2D eigenvalue weighted by molar-refractivity contribution is -0.128. The summed E-state index contributed by atoms with van der Waals surface area (Å²) in [6.07, 6.45) is 1.36. The Balaban J connectivity index is 1.53. The highest BCUT2D eigenvalue weighted by atomic mass is 79.9. The van der Waals surface area contributed by atoms with Gasteiger partial charge in [0.1, 0.15) is 11.5 Å². The molecule has 3 atom stereocenters. The zero-order chi connectivity index (χ0) is 22.0. The number of hydrogen-bond donors (Lipinski definition) is 1. The fraction of sp³-hybridized carbons (Fsp3) is 0.417. The van der Waals surface area contributed by atoms with Crippen molar-refractivity contribution in [3.8, 4) is 5.75 Å². The molecular weight excluding hydrogens is 458 g/mol. The minimum absolute atomic E-state index is 0.136. The summed E-state index contributed by atoms with van der Waals surface area (Å²) >= 11 is 3.51. The second kappa shape index (κ2) is 9.40. The molecule has 0 bridgehead atoms. The van der Waals surface area contributed by atoms with E-state index in [0.29, 0.717) is 43.7 Å². The van der Waals surface area contributed by atoms with Crippen molar-refractivity contribution in [2.75, 3.05) is 32.1 Å². The summed E-state index contributed by atoms with van der Waals surface area (Å²) in [7, 11) is 1.61. The van der Waals surface area contributed by atoms with Crippen LogP contribution in [0.25, 0.3) is 0 Å². The smallest absolute Gasteiger partial charge is 0.321 e. The van der Waals surface area contributed by atoms with Crippen LogP contribution < -0.4 is 10.1 Å². The fourth-order valence-corrected chi connectivity index (χ4v) is 5.07. The minimum Gasteiger partial charge on any atom is -0.497 e. The molecule has 2 amide bonds. The number of nitrogens with one attached hydrogen (secondary N) is 1. The van der Waals surface area contributed by atoms with Gasteiger partial charge in [-0.2, -0.15) is 0 Å². The number of ketones is 1. The highest BCUT2D eigenvalue weighted by Gasteiger charge is 2.49. The number of carbonyl (C=O) groups excluding carboxylic acids is 2. The van der Waals surface area contributed by atoms with E-state index in [1.165, 1.54) is 5.56 Å². The van der Waals surface area contributed by atoms with E-state index in [0.717, 1.165) is 16.6 Å². The Bertz CT molecular complexity index is 932. The van der Waals surface area contributed by atoms with E-state index in [1.54, 1.807) is 12.0 Å². The standard InChI is InChI=1S/C24H28BrN3O3/c1-3-21-23(16-4-6-17(25)7-5-16)22-15-27(13-12-19(29)14-28(21)22)24(30)26-18-8-10-20(31-2)11-9-18/h4-11,21-23H,3,12-15H2,1-2H3,(H,26,30)/t21-,22+,23+/m1/s1. The monoisotopic (exact) mass is 485 g/mol. The van der Waals surface area contributed by atoms with Gasteiger partial charge in [0.05, 0.1) is 13.7 Å². The molecule has 0 saturated carbocycles. The van der Waals surface area contributed by atoms with E-state index in [4.69, 9.17) is 4.74 Å². The molecule has 6 nitrogen and oxygen atoms in total. The number of halogens is 1. The molecule has 2 aliphatic heterocycles. The Hall–Kier alpha value is -2.38. The lowest BCUT2D eigenvalue weighted by Gasteiger charge is -2.57. The van der Waals surface area contributed by atoms with Crippen molar-refractivity contribution in [2.45, 2.75) is 37.8 Å². The maximum atomic E-state index is 13.1. The first-order chi connectivity index (χ1) is 15.0. The predicted octanol–water partition coefficient (Wildman–Crippen LogP) is 4.51. The number of amides is 2. The molecule has 0 aliphatic carbocycles. The van der Waals surface area contributed by atoms with E-state index in [2.05, 4.69) is 57.3 Å². The van der Waals surface area contributed by atoms with E-state index in [9.17, 15) is 9.59 Å². The average molecular weight is 486 g/mol. The summed E-state index contributed by atoms with van der Waals surface area (Å²) in [5, 5.41) is 2.97. The fourth-order valence-electron chi connectivity index (χ4n) is 4.80. The van der Waals surface area contributed by atoms with Crippen LogP contribution in [0.2, 0.25) is 0 Å². The number of ether oxygens (including phenoxy) is 1. The molecule has 31 heavy (non-hydrogen) atoms. The average Bonchev–Trinajstić information content (AvgIpc) is 2.76. The first-order valence-corrected chi connectivity index (χ1v) is 11.5. The van der Waals surface area contributed by atoms with Gasteiger partial charge in [0.2, 0.25) is 0 Å². The Morgan fingerprint density at radius 1 is 1.16 bits per heavy atom. The highest BCUT2D eigenvalue weighted by molar-refractivity contribution is 9.10. The van der Waals surface area contributed by atoms with E-state index in [1.807, 2.05) is 24.3 Å². The molecule has 7 heteroatoms. The normalized spacial score (nSPS) is 23.9. The number of benzene rings is 2. The number of carbonyl (C=O) groups is 2. The summed E-state index contributed by atoms with van der Waals surface area (Å²) in [6, 6.07) is 16.0. The van der Waals surface area contributed by atoms with Crippen molar-refractivity contribution in [3.63, 3.8) is 0 Å². The third-order valence-electron chi connectivity index (χ3n) is 6.41. The number of Topliss-reactive ketones (excluding diaryl/α,β-unsaturated/α-hetero) is 1.